The van der Waals surface area contributed by atoms with Gasteiger partial charge in [0.15, 0.2) is 5.78 Å². The van der Waals surface area contributed by atoms with E-state index in [9.17, 15) is 4.79 Å². The molecule has 0 aliphatic heterocycles. The van der Waals surface area contributed by atoms with Crippen LogP contribution in [0.4, 0.5) is 0 Å². The van der Waals surface area contributed by atoms with Gasteiger partial charge in [-0.3, -0.25) is 9.78 Å². The van der Waals surface area contributed by atoms with Gasteiger partial charge in [0.05, 0.1) is 5.52 Å². The highest BCUT2D eigenvalue weighted by atomic mass is 16.1. The van der Waals surface area contributed by atoms with E-state index < -0.39 is 0 Å². The van der Waals surface area contributed by atoms with Crippen molar-refractivity contribution in [2.45, 2.75) is 0 Å². The third-order valence-corrected chi connectivity index (χ3v) is 4.02. The first-order valence-electron chi connectivity index (χ1n) is 7.18. The summed E-state index contributed by atoms with van der Waals surface area (Å²) in [6.45, 7) is 0. The first-order valence-corrected chi connectivity index (χ1v) is 7.18. The molecule has 22 heavy (non-hydrogen) atoms. The molecule has 0 fully saturated rings. The molecule has 0 unspecified atom stereocenters. The molecule has 0 amide bonds. The largest absolute Gasteiger partial charge is 0.350 e. The summed E-state index contributed by atoms with van der Waals surface area (Å²) in [7, 11) is 1.96. The van der Waals surface area contributed by atoms with Crippen LogP contribution in [0.5, 0.6) is 0 Å². The van der Waals surface area contributed by atoms with Crippen LogP contribution < -0.4 is 0 Å². The number of aryl methyl sites for hydroxylation is 1. The quantitative estimate of drug-likeness (QED) is 0.523. The SMILES string of the molecule is Cn1cc(C(=O)c2cccc3cccnc23)c2ccccc21. The van der Waals surface area contributed by atoms with Crippen LogP contribution in [0.1, 0.15) is 15.9 Å². The molecule has 4 aromatic rings. The molecule has 0 N–H and O–H groups in total. The minimum atomic E-state index is 0.0149. The van der Waals surface area contributed by atoms with Crippen molar-refractivity contribution in [1.29, 1.82) is 0 Å². The molecular weight excluding hydrogens is 272 g/mol. The number of hydrogen-bond acceptors (Lipinski definition) is 2. The number of fused-ring (bicyclic) bond motifs is 2. The first kappa shape index (κ1) is 12.8. The van der Waals surface area contributed by atoms with Crippen molar-refractivity contribution in [3.63, 3.8) is 0 Å². The molecule has 3 heteroatoms. The molecule has 4 rings (SSSR count). The molecule has 0 aliphatic rings. The second-order valence-corrected chi connectivity index (χ2v) is 5.38. The van der Waals surface area contributed by atoms with E-state index in [1.807, 2.05) is 72.4 Å². The number of ketones is 1. The van der Waals surface area contributed by atoms with Crippen molar-refractivity contribution in [1.82, 2.24) is 9.55 Å². The molecule has 0 aliphatic carbocycles. The molecule has 2 aromatic heterocycles. The van der Waals surface area contributed by atoms with Gasteiger partial charge in [0.1, 0.15) is 0 Å². The average Bonchev–Trinajstić information content (AvgIpc) is 2.91. The van der Waals surface area contributed by atoms with Crippen LogP contribution in [0, 0.1) is 0 Å². The number of nitrogens with zero attached hydrogens (tertiary/aromatic N) is 2. The van der Waals surface area contributed by atoms with Gasteiger partial charge in [0.25, 0.3) is 0 Å². The van der Waals surface area contributed by atoms with E-state index in [1.165, 1.54) is 0 Å². The molecule has 0 saturated carbocycles. The Hall–Kier alpha value is -2.94. The van der Waals surface area contributed by atoms with E-state index in [-0.39, 0.29) is 5.78 Å². The van der Waals surface area contributed by atoms with Gasteiger partial charge in [-0.25, -0.2) is 0 Å². The zero-order chi connectivity index (χ0) is 15.1. The smallest absolute Gasteiger partial charge is 0.197 e. The lowest BCUT2D eigenvalue weighted by molar-refractivity contribution is 0.104. The van der Waals surface area contributed by atoms with Crippen LogP contribution in [0.2, 0.25) is 0 Å². The van der Waals surface area contributed by atoms with Crippen LogP contribution in [0.3, 0.4) is 0 Å². The molecule has 0 bridgehead atoms. The number of rotatable bonds is 2. The highest BCUT2D eigenvalue weighted by Crippen LogP contribution is 2.25. The fourth-order valence-corrected chi connectivity index (χ4v) is 2.96. The zero-order valence-corrected chi connectivity index (χ0v) is 12.2. The summed E-state index contributed by atoms with van der Waals surface area (Å²) in [6.07, 6.45) is 3.62. The van der Waals surface area contributed by atoms with E-state index in [2.05, 4.69) is 4.98 Å². The normalized spacial score (nSPS) is 11.1. The van der Waals surface area contributed by atoms with Crippen LogP contribution in [0.25, 0.3) is 21.8 Å². The van der Waals surface area contributed by atoms with Gasteiger partial charge in [0.2, 0.25) is 0 Å². The summed E-state index contributed by atoms with van der Waals surface area (Å²) in [5.41, 5.74) is 3.17. The lowest BCUT2D eigenvalue weighted by Gasteiger charge is -2.04. The van der Waals surface area contributed by atoms with Crippen LogP contribution in [0.15, 0.2) is 67.0 Å². The second kappa shape index (κ2) is 4.81. The van der Waals surface area contributed by atoms with Crippen LogP contribution in [-0.4, -0.2) is 15.3 Å². The van der Waals surface area contributed by atoms with E-state index in [0.29, 0.717) is 5.56 Å². The Kier molecular flexibility index (Phi) is 2.79. The number of carbonyl (C=O) groups excluding carboxylic acids is 1. The third kappa shape index (κ3) is 1.83. The molecule has 2 heterocycles. The Labute approximate surface area is 127 Å². The van der Waals surface area contributed by atoms with Crippen LogP contribution >= 0.6 is 0 Å². The number of carbonyl (C=O) groups is 1. The van der Waals surface area contributed by atoms with Crippen molar-refractivity contribution >= 4 is 27.6 Å². The number of hydrogen-bond donors (Lipinski definition) is 0. The van der Waals surface area contributed by atoms with E-state index in [4.69, 9.17) is 0 Å². The third-order valence-electron chi connectivity index (χ3n) is 4.02. The van der Waals surface area contributed by atoms with E-state index in [1.54, 1.807) is 6.20 Å². The minimum Gasteiger partial charge on any atom is -0.350 e. The number of aromatic nitrogens is 2. The molecule has 0 spiro atoms. The van der Waals surface area contributed by atoms with Crippen molar-refractivity contribution in [3.05, 3.63) is 78.1 Å². The van der Waals surface area contributed by atoms with Gasteiger partial charge in [0, 0.05) is 46.9 Å². The fraction of sp³-hybridized carbons (Fsp3) is 0.0526. The Morgan fingerprint density at radius 2 is 1.77 bits per heavy atom. The highest BCUT2D eigenvalue weighted by molar-refractivity contribution is 6.20. The molecule has 0 atom stereocenters. The summed E-state index contributed by atoms with van der Waals surface area (Å²) in [5, 5.41) is 1.96. The molecule has 0 saturated heterocycles. The minimum absolute atomic E-state index is 0.0149. The highest BCUT2D eigenvalue weighted by Gasteiger charge is 2.17. The summed E-state index contributed by atoms with van der Waals surface area (Å²) in [4.78, 5) is 17.4. The Bertz CT molecular complexity index is 1010. The Morgan fingerprint density at radius 1 is 0.955 bits per heavy atom. The maximum absolute atomic E-state index is 13.0. The molecular formula is C19H14N2O. The molecule has 106 valence electrons. The molecule has 0 radical (unpaired) electrons. The van der Waals surface area contributed by atoms with Gasteiger partial charge in [-0.2, -0.15) is 0 Å². The van der Waals surface area contributed by atoms with Gasteiger partial charge >= 0.3 is 0 Å². The van der Waals surface area contributed by atoms with Crippen LogP contribution in [-0.2, 0) is 7.05 Å². The maximum Gasteiger partial charge on any atom is 0.197 e. The maximum atomic E-state index is 13.0. The van der Waals surface area contributed by atoms with Gasteiger partial charge < -0.3 is 4.57 Å². The van der Waals surface area contributed by atoms with E-state index >= 15 is 0 Å². The monoisotopic (exact) mass is 286 g/mol. The predicted molar refractivity (Wildman–Crippen MR) is 88.1 cm³/mol. The summed E-state index contributed by atoms with van der Waals surface area (Å²) < 4.78 is 1.99. The predicted octanol–water partition coefficient (Wildman–Crippen LogP) is 3.96. The number of benzene rings is 2. The van der Waals surface area contributed by atoms with E-state index in [0.717, 1.165) is 27.4 Å². The fourth-order valence-electron chi connectivity index (χ4n) is 2.96. The first-order chi connectivity index (χ1) is 10.8. The van der Waals surface area contributed by atoms with Crippen molar-refractivity contribution < 1.29 is 4.79 Å². The summed E-state index contributed by atoms with van der Waals surface area (Å²) in [6, 6.07) is 17.5. The second-order valence-electron chi connectivity index (χ2n) is 5.38. The Morgan fingerprint density at radius 3 is 2.68 bits per heavy atom. The average molecular weight is 286 g/mol. The van der Waals surface area contributed by atoms with Crippen molar-refractivity contribution in [2.24, 2.45) is 7.05 Å². The zero-order valence-electron chi connectivity index (χ0n) is 12.2. The Balaban J connectivity index is 1.97. The standard InChI is InChI=1S/C19H14N2O/c1-21-12-16(14-8-2-3-10-17(14)21)19(22)15-9-4-6-13-7-5-11-20-18(13)15/h2-12H,1H3. The summed E-state index contributed by atoms with van der Waals surface area (Å²) >= 11 is 0. The topological polar surface area (TPSA) is 34.9 Å². The summed E-state index contributed by atoms with van der Waals surface area (Å²) in [5.74, 6) is 0.0149. The van der Waals surface area contributed by atoms with Gasteiger partial charge in [-0.1, -0.05) is 36.4 Å². The van der Waals surface area contributed by atoms with Gasteiger partial charge in [-0.05, 0) is 18.2 Å². The van der Waals surface area contributed by atoms with Gasteiger partial charge in [-0.15, -0.1) is 0 Å². The number of pyridine rings is 1. The molecule has 3 nitrogen and oxygen atoms in total. The molecule has 2 aromatic carbocycles. The lowest BCUT2D eigenvalue weighted by Crippen LogP contribution is -2.02. The lowest BCUT2D eigenvalue weighted by atomic mass is 10.00. The van der Waals surface area contributed by atoms with Crippen molar-refractivity contribution in [3.8, 4) is 0 Å². The number of para-hydroxylation sites is 2. The van der Waals surface area contributed by atoms with Crippen molar-refractivity contribution in [2.75, 3.05) is 0 Å².